The topological polar surface area (TPSA) is 18.5 Å². The summed E-state index contributed by atoms with van der Waals surface area (Å²) in [6.45, 7) is 30.8. The molecule has 30 heavy (non-hydrogen) atoms. The Bertz CT molecular complexity index is 626. The van der Waals surface area contributed by atoms with E-state index >= 15 is 0 Å². The SMILES string of the molecule is CC(C)(C)[Si](C)(C)O[C@@H]1C/C(=C(/Br)[Si](C)(C)C)[C@@H](CBr)[C@H](O[Si](C)(C)C(C)(C)C)C1. The summed E-state index contributed by atoms with van der Waals surface area (Å²) in [6, 6.07) is 0. The fourth-order valence-corrected chi connectivity index (χ4v) is 8.67. The minimum absolute atomic E-state index is 0.205. The van der Waals surface area contributed by atoms with E-state index in [1.165, 1.54) is 4.11 Å². The molecule has 1 aliphatic rings. The molecular weight excluding hydrogens is 552 g/mol. The van der Waals surface area contributed by atoms with Gasteiger partial charge in [-0.25, -0.2) is 0 Å². The van der Waals surface area contributed by atoms with Crippen molar-refractivity contribution in [1.82, 2.24) is 0 Å². The molecule has 0 aliphatic heterocycles. The Morgan fingerprint density at radius 3 is 1.67 bits per heavy atom. The molecule has 0 radical (unpaired) electrons. The zero-order chi connectivity index (χ0) is 23.9. The summed E-state index contributed by atoms with van der Waals surface area (Å²) in [4.78, 5) is 0. The van der Waals surface area contributed by atoms with Gasteiger partial charge in [0.05, 0.1) is 20.3 Å². The monoisotopic (exact) mass is 598 g/mol. The van der Waals surface area contributed by atoms with Crippen molar-refractivity contribution in [2.45, 2.75) is 122 Å². The Balaban J connectivity index is 3.41. The van der Waals surface area contributed by atoms with Gasteiger partial charge < -0.3 is 8.85 Å². The molecule has 3 atom stereocenters. The fraction of sp³-hybridized carbons (Fsp3) is 0.913. The van der Waals surface area contributed by atoms with Gasteiger partial charge in [-0.15, -0.1) is 0 Å². The molecule has 0 aromatic carbocycles. The summed E-state index contributed by atoms with van der Waals surface area (Å²) in [5.41, 5.74) is 1.55. The van der Waals surface area contributed by atoms with E-state index in [9.17, 15) is 0 Å². The third-order valence-corrected chi connectivity index (χ3v) is 22.9. The van der Waals surface area contributed by atoms with Gasteiger partial charge in [0.1, 0.15) is 0 Å². The molecule has 0 saturated heterocycles. The van der Waals surface area contributed by atoms with Gasteiger partial charge in [-0.2, -0.15) is 0 Å². The third kappa shape index (κ3) is 7.13. The Labute approximate surface area is 207 Å². The number of hydrogen-bond donors (Lipinski definition) is 0. The van der Waals surface area contributed by atoms with Crippen molar-refractivity contribution in [1.29, 1.82) is 0 Å². The largest absolute Gasteiger partial charge is 0.414 e. The zero-order valence-corrected chi connectivity index (χ0v) is 28.1. The summed E-state index contributed by atoms with van der Waals surface area (Å²) >= 11 is 7.93. The number of alkyl halides is 1. The first-order chi connectivity index (χ1) is 13.1. The normalized spacial score (nSPS) is 26.7. The molecule has 0 amide bonds. The predicted molar refractivity (Wildman–Crippen MR) is 150 cm³/mol. The standard InChI is InChI=1S/C23H48Br2O2Si3/c1-22(2,3)29(10,11)26-17-14-18(21(25)28(7,8)9)19(16-24)20(15-17)27-30(12,13)23(4,5)6/h17,19-20H,14-16H2,1-13H3/b21-18+/t17-,19-,20-/m1/s1. The molecule has 0 aromatic rings. The summed E-state index contributed by atoms with van der Waals surface area (Å²) in [5.74, 6) is 0.416. The van der Waals surface area contributed by atoms with E-state index in [0.29, 0.717) is 5.92 Å². The lowest BCUT2D eigenvalue weighted by molar-refractivity contribution is 0.0470. The summed E-state index contributed by atoms with van der Waals surface area (Å²) in [7, 11) is -5.19. The molecule has 7 heteroatoms. The molecule has 0 spiro atoms. The Hall–Kier alpha value is 1.27. The minimum atomic E-state index is -1.88. The molecule has 0 unspecified atom stereocenters. The summed E-state index contributed by atoms with van der Waals surface area (Å²) in [5, 5.41) is 1.37. The lowest BCUT2D eigenvalue weighted by atomic mass is 9.82. The molecule has 0 heterocycles. The van der Waals surface area contributed by atoms with Gasteiger partial charge in [0.25, 0.3) is 0 Å². The van der Waals surface area contributed by atoms with Crippen LogP contribution in [0.3, 0.4) is 0 Å². The van der Waals surface area contributed by atoms with Crippen molar-refractivity contribution in [3.8, 4) is 0 Å². The van der Waals surface area contributed by atoms with E-state index in [4.69, 9.17) is 8.85 Å². The highest BCUT2D eigenvalue weighted by molar-refractivity contribution is 9.12. The van der Waals surface area contributed by atoms with Gasteiger partial charge in [-0.1, -0.05) is 98.6 Å². The first kappa shape index (κ1) is 29.3. The van der Waals surface area contributed by atoms with E-state index in [-0.39, 0.29) is 22.3 Å². The average Bonchev–Trinajstić information content (AvgIpc) is 2.49. The second kappa shape index (κ2) is 9.87. The van der Waals surface area contributed by atoms with E-state index in [0.717, 1.165) is 18.2 Å². The number of hydrogen-bond acceptors (Lipinski definition) is 2. The van der Waals surface area contributed by atoms with Crippen LogP contribution in [0.4, 0.5) is 0 Å². The predicted octanol–water partition coefficient (Wildman–Crippen LogP) is 9.10. The van der Waals surface area contributed by atoms with Crippen LogP contribution < -0.4 is 0 Å². The molecule has 0 aromatic heterocycles. The highest BCUT2D eigenvalue weighted by atomic mass is 79.9. The minimum Gasteiger partial charge on any atom is -0.414 e. The summed E-state index contributed by atoms with van der Waals surface area (Å²) < 4.78 is 15.5. The fourth-order valence-electron chi connectivity index (χ4n) is 3.42. The van der Waals surface area contributed by atoms with Crippen molar-refractivity contribution < 1.29 is 8.85 Å². The average molecular weight is 601 g/mol. The van der Waals surface area contributed by atoms with Crippen LogP contribution in [0.5, 0.6) is 0 Å². The van der Waals surface area contributed by atoms with Crippen LogP contribution >= 0.6 is 31.9 Å². The van der Waals surface area contributed by atoms with Crippen LogP contribution in [0.1, 0.15) is 54.4 Å². The van der Waals surface area contributed by atoms with Crippen LogP contribution in [0.2, 0.25) is 55.9 Å². The van der Waals surface area contributed by atoms with E-state index in [2.05, 4.69) is 119 Å². The maximum atomic E-state index is 7.07. The second-order valence-corrected chi connectivity index (χ2v) is 29.9. The molecule has 1 rings (SSSR count). The third-order valence-electron chi connectivity index (χ3n) is 7.47. The lowest BCUT2D eigenvalue weighted by Gasteiger charge is -2.48. The van der Waals surface area contributed by atoms with E-state index in [1.54, 1.807) is 5.57 Å². The maximum Gasteiger partial charge on any atom is 0.192 e. The van der Waals surface area contributed by atoms with Crippen molar-refractivity contribution in [3.63, 3.8) is 0 Å². The highest BCUT2D eigenvalue weighted by Gasteiger charge is 2.47. The molecule has 2 nitrogen and oxygen atoms in total. The van der Waals surface area contributed by atoms with Crippen molar-refractivity contribution in [2.24, 2.45) is 5.92 Å². The van der Waals surface area contributed by atoms with Crippen LogP contribution in [-0.2, 0) is 8.85 Å². The molecule has 1 fully saturated rings. The molecule has 1 aliphatic carbocycles. The van der Waals surface area contributed by atoms with Crippen molar-refractivity contribution in [3.05, 3.63) is 9.68 Å². The van der Waals surface area contributed by atoms with Crippen LogP contribution in [-0.4, -0.2) is 42.2 Å². The van der Waals surface area contributed by atoms with Crippen molar-refractivity contribution >= 4 is 56.6 Å². The maximum absolute atomic E-state index is 7.07. The summed E-state index contributed by atoms with van der Waals surface area (Å²) in [6.07, 6.45) is 2.50. The van der Waals surface area contributed by atoms with Gasteiger partial charge in [0.15, 0.2) is 16.6 Å². The lowest BCUT2D eigenvalue weighted by Crippen LogP contribution is -2.52. The first-order valence-corrected chi connectivity index (χ1v) is 22.7. The van der Waals surface area contributed by atoms with Crippen LogP contribution in [0.15, 0.2) is 9.68 Å². The molecule has 178 valence electrons. The number of rotatable bonds is 6. The van der Waals surface area contributed by atoms with Crippen LogP contribution in [0, 0.1) is 5.92 Å². The number of halogens is 2. The quantitative estimate of drug-likeness (QED) is 0.224. The highest BCUT2D eigenvalue weighted by Crippen LogP contribution is 2.46. The zero-order valence-electron chi connectivity index (χ0n) is 21.9. The van der Waals surface area contributed by atoms with Gasteiger partial charge in [0.2, 0.25) is 0 Å². The smallest absolute Gasteiger partial charge is 0.192 e. The molecule has 0 bridgehead atoms. The molecule has 0 N–H and O–H groups in total. The van der Waals surface area contributed by atoms with Crippen molar-refractivity contribution in [2.75, 3.05) is 5.33 Å². The van der Waals surface area contributed by atoms with Gasteiger partial charge in [0, 0.05) is 11.2 Å². The Morgan fingerprint density at radius 1 is 0.867 bits per heavy atom. The second-order valence-electron chi connectivity index (χ2n) is 13.2. The first-order valence-electron chi connectivity index (χ1n) is 11.4. The Kier molecular flexibility index (Phi) is 9.64. The molecular formula is C23H48Br2O2Si3. The van der Waals surface area contributed by atoms with E-state index < -0.39 is 24.7 Å². The van der Waals surface area contributed by atoms with E-state index in [1.807, 2.05) is 0 Å². The van der Waals surface area contributed by atoms with Crippen LogP contribution in [0.25, 0.3) is 0 Å². The van der Waals surface area contributed by atoms with Gasteiger partial charge >= 0.3 is 0 Å². The molecule has 1 saturated carbocycles. The van der Waals surface area contributed by atoms with Gasteiger partial charge in [-0.3, -0.25) is 0 Å². The van der Waals surface area contributed by atoms with Gasteiger partial charge in [-0.05, 0) is 53.2 Å². The Morgan fingerprint density at radius 2 is 1.30 bits per heavy atom.